The fraction of sp³-hybridized carbons (Fsp3) is 0.231. The van der Waals surface area contributed by atoms with E-state index in [1.807, 2.05) is 41.4 Å². The highest BCUT2D eigenvalue weighted by Crippen LogP contribution is 2.32. The van der Waals surface area contributed by atoms with Gasteiger partial charge in [-0.05, 0) is 17.7 Å². The van der Waals surface area contributed by atoms with Crippen LogP contribution in [0.2, 0.25) is 5.02 Å². The first-order valence-electron chi connectivity index (χ1n) is 5.70. The van der Waals surface area contributed by atoms with E-state index < -0.39 is 0 Å². The van der Waals surface area contributed by atoms with Crippen molar-refractivity contribution in [3.05, 3.63) is 53.6 Å². The van der Waals surface area contributed by atoms with Crippen LogP contribution < -0.4 is 0 Å². The number of rotatable bonds is 5. The molecule has 6 heteroatoms. The maximum atomic E-state index is 5.93. The molecule has 0 N–H and O–H groups in total. The summed E-state index contributed by atoms with van der Waals surface area (Å²) in [7, 11) is 0. The Bertz CT molecular complexity index is 525. The van der Waals surface area contributed by atoms with Crippen LogP contribution in [0.3, 0.4) is 0 Å². The van der Waals surface area contributed by atoms with Gasteiger partial charge in [0.15, 0.2) is 0 Å². The summed E-state index contributed by atoms with van der Waals surface area (Å²) < 4.78 is 2.94. The lowest BCUT2D eigenvalue weighted by atomic mass is 10.1. The maximum Gasteiger partial charge on any atom is 0.0946 e. The molecule has 0 fully saturated rings. The summed E-state index contributed by atoms with van der Waals surface area (Å²) in [6.45, 7) is 0.820. The van der Waals surface area contributed by atoms with Crippen molar-refractivity contribution in [1.29, 1.82) is 0 Å². The molecule has 2 rings (SSSR count). The fourth-order valence-electron chi connectivity index (χ4n) is 1.67. The predicted octanol–water partition coefficient (Wildman–Crippen LogP) is 4.27. The number of imidazole rings is 1. The number of thioether (sulfide) groups is 1. The van der Waals surface area contributed by atoms with Crippen molar-refractivity contribution in [2.75, 3.05) is 5.75 Å². The van der Waals surface area contributed by atoms with Gasteiger partial charge in [-0.1, -0.05) is 36.0 Å². The Labute approximate surface area is 133 Å². The summed E-state index contributed by atoms with van der Waals surface area (Å²) in [4.78, 5) is 4.07. The van der Waals surface area contributed by atoms with E-state index >= 15 is 0 Å². The lowest BCUT2D eigenvalue weighted by molar-refractivity contribution is 0.685. The van der Waals surface area contributed by atoms with Crippen molar-refractivity contribution < 1.29 is 0 Å². The zero-order valence-corrected chi connectivity index (χ0v) is 13.4. The minimum Gasteiger partial charge on any atom is -0.336 e. The van der Waals surface area contributed by atoms with E-state index in [0.717, 1.165) is 15.8 Å². The monoisotopic (exact) mass is 328 g/mol. The Hall–Kier alpha value is -0.490. The summed E-state index contributed by atoms with van der Waals surface area (Å²) in [5, 5.41) is 0.984. The Balaban J connectivity index is 2.17. The molecule has 1 aromatic heterocycles. The number of halogens is 1. The van der Waals surface area contributed by atoms with Crippen LogP contribution >= 0.6 is 48.2 Å². The average molecular weight is 329 g/mol. The van der Waals surface area contributed by atoms with Gasteiger partial charge in [-0.25, -0.2) is 4.98 Å². The van der Waals surface area contributed by atoms with Crippen molar-refractivity contribution in [2.24, 2.45) is 0 Å². The van der Waals surface area contributed by atoms with E-state index in [9.17, 15) is 0 Å². The molecule has 2 aromatic rings. The molecule has 0 bridgehead atoms. The molecule has 2 nitrogen and oxygen atoms in total. The van der Waals surface area contributed by atoms with E-state index in [0.29, 0.717) is 5.75 Å². The van der Waals surface area contributed by atoms with Crippen molar-refractivity contribution in [3.8, 4) is 0 Å². The minimum absolute atomic E-state index is 0.242. The molecule has 1 atom stereocenters. The molecule has 1 unspecified atom stereocenters. The first kappa shape index (κ1) is 14.9. The van der Waals surface area contributed by atoms with Crippen molar-refractivity contribution in [3.63, 3.8) is 0 Å². The Morgan fingerprint density at radius 3 is 2.74 bits per heavy atom. The zero-order chi connectivity index (χ0) is 13.7. The van der Waals surface area contributed by atoms with E-state index in [1.54, 1.807) is 18.0 Å². The standard InChI is InChI=1S/C13H13ClN2S3/c14-11-3-1-10(2-4-11)12(19-13(18)8-17)7-16-6-5-15-9-16/h1-6,9,12,17H,7-8H2. The van der Waals surface area contributed by atoms with Crippen molar-refractivity contribution in [2.45, 2.75) is 11.8 Å². The molecule has 0 spiro atoms. The summed E-state index contributed by atoms with van der Waals surface area (Å²) in [6, 6.07) is 7.89. The van der Waals surface area contributed by atoms with Gasteiger partial charge in [-0.15, -0.1) is 11.8 Å². The van der Waals surface area contributed by atoms with Gasteiger partial charge < -0.3 is 4.57 Å². The molecule has 1 heterocycles. The summed E-state index contributed by atoms with van der Waals surface area (Å²) >= 11 is 17.1. The number of hydrogen-bond donors (Lipinski definition) is 1. The molecular weight excluding hydrogens is 316 g/mol. The van der Waals surface area contributed by atoms with Gasteiger partial charge in [0.05, 0.1) is 15.8 Å². The number of hydrogen-bond acceptors (Lipinski definition) is 4. The first-order chi connectivity index (χ1) is 9.19. The van der Waals surface area contributed by atoms with Crippen LogP contribution in [-0.2, 0) is 6.54 Å². The molecule has 19 heavy (non-hydrogen) atoms. The third-order valence-electron chi connectivity index (χ3n) is 2.58. The van der Waals surface area contributed by atoms with Crippen LogP contribution in [0.25, 0.3) is 0 Å². The number of thiocarbonyl (C=S) groups is 1. The predicted molar refractivity (Wildman–Crippen MR) is 90.5 cm³/mol. The van der Waals surface area contributed by atoms with E-state index in [4.69, 9.17) is 23.8 Å². The van der Waals surface area contributed by atoms with Crippen LogP contribution in [0.15, 0.2) is 43.0 Å². The van der Waals surface area contributed by atoms with Crippen molar-refractivity contribution >= 4 is 52.4 Å². The van der Waals surface area contributed by atoms with Gasteiger partial charge in [0, 0.05) is 29.7 Å². The SMILES string of the molecule is S=C(CS)SC(Cn1ccnc1)c1ccc(Cl)cc1. The quantitative estimate of drug-likeness (QED) is 0.653. The van der Waals surface area contributed by atoms with Gasteiger partial charge in [-0.2, -0.15) is 12.6 Å². The van der Waals surface area contributed by atoms with E-state index in [-0.39, 0.29) is 5.25 Å². The highest BCUT2D eigenvalue weighted by Gasteiger charge is 2.15. The Morgan fingerprint density at radius 2 is 2.16 bits per heavy atom. The zero-order valence-electron chi connectivity index (χ0n) is 10.1. The van der Waals surface area contributed by atoms with Gasteiger partial charge in [-0.3, -0.25) is 0 Å². The second-order valence-electron chi connectivity index (χ2n) is 3.95. The molecular formula is C13H13ClN2S3. The van der Waals surface area contributed by atoms with Gasteiger partial charge in [0.2, 0.25) is 0 Å². The fourth-order valence-corrected chi connectivity index (χ4v) is 3.30. The third kappa shape index (κ3) is 4.53. The normalized spacial score (nSPS) is 12.3. The van der Waals surface area contributed by atoms with Gasteiger partial charge in [0.25, 0.3) is 0 Å². The van der Waals surface area contributed by atoms with Gasteiger partial charge >= 0.3 is 0 Å². The summed E-state index contributed by atoms with van der Waals surface area (Å²) in [6.07, 6.45) is 5.54. The van der Waals surface area contributed by atoms with Crippen LogP contribution in [0.1, 0.15) is 10.8 Å². The highest BCUT2D eigenvalue weighted by atomic mass is 35.5. The van der Waals surface area contributed by atoms with Gasteiger partial charge in [0.1, 0.15) is 0 Å². The third-order valence-corrected chi connectivity index (χ3v) is 5.12. The number of aromatic nitrogens is 2. The molecule has 0 aliphatic rings. The minimum atomic E-state index is 0.242. The first-order valence-corrected chi connectivity index (χ1v) is 8.00. The van der Waals surface area contributed by atoms with Crippen LogP contribution in [0.4, 0.5) is 0 Å². The molecule has 0 aliphatic carbocycles. The number of thiol groups is 1. The molecule has 0 radical (unpaired) electrons. The topological polar surface area (TPSA) is 17.8 Å². The Morgan fingerprint density at radius 1 is 1.42 bits per heavy atom. The highest BCUT2D eigenvalue weighted by molar-refractivity contribution is 8.24. The molecule has 0 aliphatic heterocycles. The van der Waals surface area contributed by atoms with Crippen LogP contribution in [-0.4, -0.2) is 19.5 Å². The average Bonchev–Trinajstić information content (AvgIpc) is 2.91. The second kappa shape index (κ2) is 7.33. The second-order valence-corrected chi connectivity index (χ2v) is 6.75. The van der Waals surface area contributed by atoms with E-state index in [2.05, 4.69) is 17.6 Å². The van der Waals surface area contributed by atoms with Crippen LogP contribution in [0.5, 0.6) is 0 Å². The Kier molecular flexibility index (Phi) is 5.76. The maximum absolute atomic E-state index is 5.93. The number of benzene rings is 1. The largest absolute Gasteiger partial charge is 0.336 e. The summed E-state index contributed by atoms with van der Waals surface area (Å²) in [5.74, 6) is 0.605. The smallest absolute Gasteiger partial charge is 0.0946 e. The van der Waals surface area contributed by atoms with E-state index in [1.165, 1.54) is 5.56 Å². The molecule has 1 aromatic carbocycles. The molecule has 0 saturated carbocycles. The molecule has 100 valence electrons. The molecule has 0 amide bonds. The number of nitrogens with zero attached hydrogens (tertiary/aromatic N) is 2. The van der Waals surface area contributed by atoms with Crippen LogP contribution in [0, 0.1) is 0 Å². The lowest BCUT2D eigenvalue weighted by Crippen LogP contribution is -2.07. The lowest BCUT2D eigenvalue weighted by Gasteiger charge is -2.17. The van der Waals surface area contributed by atoms with Crippen molar-refractivity contribution in [1.82, 2.24) is 9.55 Å². The summed E-state index contributed by atoms with van der Waals surface area (Å²) in [5.41, 5.74) is 1.20. The molecule has 0 saturated heterocycles.